The lowest BCUT2D eigenvalue weighted by molar-refractivity contribution is 0.968. The van der Waals surface area contributed by atoms with E-state index in [4.69, 9.17) is 10.1 Å². The van der Waals surface area contributed by atoms with E-state index in [1.54, 1.807) is 0 Å². The summed E-state index contributed by atoms with van der Waals surface area (Å²) in [5.74, 6) is 0.700. The van der Waals surface area contributed by atoms with E-state index in [1.807, 2.05) is 16.6 Å². The summed E-state index contributed by atoms with van der Waals surface area (Å²) < 4.78 is 1.93. The Morgan fingerprint density at radius 3 is 1.66 bits per heavy atom. The predicted molar refractivity (Wildman–Crippen MR) is 224 cm³/mol. The largest absolute Gasteiger partial charge is 0.219 e. The molecule has 250 valence electrons. The smallest absolute Gasteiger partial charge is 0.182 e. The molecule has 0 aliphatic carbocycles. The Bertz CT molecular complexity index is 2960. The van der Waals surface area contributed by atoms with Crippen LogP contribution in [0.4, 0.5) is 0 Å². The SMILES string of the molecule is Cp1c2ccccc2c2c(-c3cccc(-c4cccc(-c5cccc(-c6nc7c(-c8ccccc8)cc(-c8ccccc8)cn7n6)c5)c4)c3)cccc21. The second kappa shape index (κ2) is 12.9. The van der Waals surface area contributed by atoms with Gasteiger partial charge in [0.1, 0.15) is 0 Å². The first-order valence-electron chi connectivity index (χ1n) is 18.0. The molecule has 3 heterocycles. The molecule has 10 rings (SSSR count). The van der Waals surface area contributed by atoms with Gasteiger partial charge in [-0.1, -0.05) is 158 Å². The van der Waals surface area contributed by atoms with Gasteiger partial charge in [0.15, 0.2) is 11.5 Å². The Morgan fingerprint density at radius 1 is 0.415 bits per heavy atom. The van der Waals surface area contributed by atoms with Crippen molar-refractivity contribution in [1.29, 1.82) is 0 Å². The van der Waals surface area contributed by atoms with Crippen molar-refractivity contribution in [2.24, 2.45) is 6.66 Å². The number of nitrogens with zero attached hydrogens (tertiary/aromatic N) is 3. The standard InChI is InChI=1S/C49H34N3P/c1-53-45-26-9-8-24-43(45)47-42(25-13-27-46(47)53)39-22-11-20-37(29-39)35-18-10-19-36(28-35)38-21-12-23-40(30-38)48-50-49-44(34-16-6-3-7-17-34)31-41(32-52(49)51-48)33-14-4-2-5-15-33/h2-32H,1H3. The van der Waals surface area contributed by atoms with Crippen molar-refractivity contribution in [3.05, 3.63) is 188 Å². The third-order valence-electron chi connectivity index (χ3n) is 10.4. The highest BCUT2D eigenvalue weighted by molar-refractivity contribution is 7.59. The fourth-order valence-corrected chi connectivity index (χ4v) is 9.76. The molecule has 0 N–H and O–H groups in total. The van der Waals surface area contributed by atoms with Crippen LogP contribution in [0, 0.1) is 0 Å². The molecule has 0 radical (unpaired) electrons. The molecule has 1 unspecified atom stereocenters. The Balaban J connectivity index is 1.03. The van der Waals surface area contributed by atoms with Crippen molar-refractivity contribution in [3.63, 3.8) is 0 Å². The quantitative estimate of drug-likeness (QED) is 0.173. The van der Waals surface area contributed by atoms with E-state index in [9.17, 15) is 0 Å². The molecule has 0 spiro atoms. The maximum absolute atomic E-state index is 5.13. The fraction of sp³-hybridized carbons (Fsp3) is 0.0204. The molecule has 0 amide bonds. The minimum Gasteiger partial charge on any atom is -0.219 e. The van der Waals surface area contributed by atoms with Crippen molar-refractivity contribution in [2.45, 2.75) is 0 Å². The van der Waals surface area contributed by atoms with Gasteiger partial charge in [-0.05, 0) is 80.8 Å². The molecule has 0 saturated carbocycles. The molecule has 0 bridgehead atoms. The van der Waals surface area contributed by atoms with E-state index in [2.05, 4.69) is 183 Å². The van der Waals surface area contributed by atoms with Gasteiger partial charge in [-0.15, -0.1) is 12.6 Å². The molecule has 0 fully saturated rings. The molecular weight excluding hydrogens is 662 g/mol. The average molecular weight is 696 g/mol. The zero-order chi connectivity index (χ0) is 35.3. The maximum Gasteiger partial charge on any atom is 0.182 e. The summed E-state index contributed by atoms with van der Waals surface area (Å²) in [6.07, 6.45) is 2.08. The second-order valence-electron chi connectivity index (χ2n) is 13.6. The van der Waals surface area contributed by atoms with Crippen molar-refractivity contribution in [3.8, 4) is 67.0 Å². The molecule has 3 nitrogen and oxygen atoms in total. The van der Waals surface area contributed by atoms with E-state index in [1.165, 1.54) is 43.3 Å². The lowest BCUT2D eigenvalue weighted by Crippen LogP contribution is -1.93. The highest BCUT2D eigenvalue weighted by atomic mass is 31.1. The van der Waals surface area contributed by atoms with Crippen molar-refractivity contribution < 1.29 is 0 Å². The Morgan fingerprint density at radius 2 is 0.943 bits per heavy atom. The van der Waals surface area contributed by atoms with Crippen LogP contribution in [0.1, 0.15) is 0 Å². The van der Waals surface area contributed by atoms with E-state index < -0.39 is 0 Å². The molecule has 3 aromatic heterocycles. The molecule has 4 heteroatoms. The molecular formula is C49H34N3P. The highest BCUT2D eigenvalue weighted by Gasteiger charge is 2.16. The zero-order valence-corrected chi connectivity index (χ0v) is 30.1. The van der Waals surface area contributed by atoms with E-state index in [-0.39, 0.29) is 7.53 Å². The number of aryl methyl sites for hydroxylation is 1. The minimum atomic E-state index is -0.345. The Hall–Kier alpha value is -6.54. The van der Waals surface area contributed by atoms with Gasteiger partial charge in [-0.25, -0.2) is 9.50 Å². The van der Waals surface area contributed by atoms with Gasteiger partial charge in [0.2, 0.25) is 0 Å². The molecule has 0 saturated heterocycles. The molecule has 7 aromatic carbocycles. The summed E-state index contributed by atoms with van der Waals surface area (Å²) >= 11 is 0. The van der Waals surface area contributed by atoms with Gasteiger partial charge in [0.05, 0.1) is 0 Å². The van der Waals surface area contributed by atoms with Crippen molar-refractivity contribution >= 4 is 34.2 Å². The number of fused-ring (bicyclic) bond motifs is 4. The van der Waals surface area contributed by atoms with E-state index >= 15 is 0 Å². The van der Waals surface area contributed by atoms with Gasteiger partial charge in [-0.2, -0.15) is 0 Å². The van der Waals surface area contributed by atoms with Crippen molar-refractivity contribution in [1.82, 2.24) is 14.6 Å². The van der Waals surface area contributed by atoms with Crippen LogP contribution in [0.15, 0.2) is 188 Å². The van der Waals surface area contributed by atoms with E-state index in [0.29, 0.717) is 5.82 Å². The summed E-state index contributed by atoms with van der Waals surface area (Å²) in [5, 5.41) is 10.8. The summed E-state index contributed by atoms with van der Waals surface area (Å²) in [6.45, 7) is 2.38. The molecule has 1 atom stereocenters. The first-order chi connectivity index (χ1) is 26.2. The maximum atomic E-state index is 5.13. The van der Waals surface area contributed by atoms with Crippen LogP contribution in [0.2, 0.25) is 0 Å². The first kappa shape index (κ1) is 31.2. The third-order valence-corrected chi connectivity index (χ3v) is 12.6. The normalized spacial score (nSPS) is 11.8. The van der Waals surface area contributed by atoms with Crippen LogP contribution in [0.5, 0.6) is 0 Å². The second-order valence-corrected chi connectivity index (χ2v) is 15.7. The summed E-state index contributed by atoms with van der Waals surface area (Å²) in [4.78, 5) is 5.13. The highest BCUT2D eigenvalue weighted by Crippen LogP contribution is 2.50. The summed E-state index contributed by atoms with van der Waals surface area (Å²) in [7, 11) is -0.345. The Labute approximate surface area is 309 Å². The van der Waals surface area contributed by atoms with Crippen LogP contribution in [-0.4, -0.2) is 14.6 Å². The van der Waals surface area contributed by atoms with Gasteiger partial charge in [-0.3, -0.25) is 0 Å². The lowest BCUT2D eigenvalue weighted by Gasteiger charge is -2.10. The third kappa shape index (κ3) is 5.54. The van der Waals surface area contributed by atoms with Crippen LogP contribution >= 0.6 is 7.53 Å². The molecule has 53 heavy (non-hydrogen) atoms. The lowest BCUT2D eigenvalue weighted by atomic mass is 9.94. The minimum absolute atomic E-state index is 0.345. The van der Waals surface area contributed by atoms with Gasteiger partial charge in [0.25, 0.3) is 0 Å². The predicted octanol–water partition coefficient (Wildman–Crippen LogP) is 13.6. The number of pyridine rings is 1. The van der Waals surface area contributed by atoms with Crippen LogP contribution < -0.4 is 0 Å². The zero-order valence-electron chi connectivity index (χ0n) is 29.2. The number of hydrogen-bond donors (Lipinski definition) is 0. The van der Waals surface area contributed by atoms with Crippen LogP contribution in [0.25, 0.3) is 93.7 Å². The monoisotopic (exact) mass is 695 g/mol. The van der Waals surface area contributed by atoms with Crippen LogP contribution in [-0.2, 0) is 6.66 Å². The van der Waals surface area contributed by atoms with Gasteiger partial charge < -0.3 is 0 Å². The first-order valence-corrected chi connectivity index (χ1v) is 19.8. The molecule has 10 aromatic rings. The number of hydrogen-bond acceptors (Lipinski definition) is 2. The number of aromatic nitrogens is 3. The molecule has 0 aliphatic rings. The van der Waals surface area contributed by atoms with Gasteiger partial charge >= 0.3 is 0 Å². The fourth-order valence-electron chi connectivity index (χ4n) is 7.76. The van der Waals surface area contributed by atoms with Crippen molar-refractivity contribution in [2.75, 3.05) is 0 Å². The summed E-state index contributed by atoms with van der Waals surface area (Å²) in [6, 6.07) is 65.3. The van der Waals surface area contributed by atoms with Crippen LogP contribution in [0.3, 0.4) is 0 Å². The van der Waals surface area contributed by atoms with E-state index in [0.717, 1.165) is 44.6 Å². The number of benzene rings is 7. The Kier molecular flexibility index (Phi) is 7.60. The topological polar surface area (TPSA) is 30.2 Å². The average Bonchev–Trinajstić information content (AvgIpc) is 3.80. The summed E-state index contributed by atoms with van der Waals surface area (Å²) in [5.41, 5.74) is 13.4. The number of rotatable bonds is 6. The van der Waals surface area contributed by atoms with Gasteiger partial charge in [0, 0.05) is 38.5 Å². The molecule has 0 aliphatic heterocycles.